The number of carbonyl (C=O) groups is 2. The summed E-state index contributed by atoms with van der Waals surface area (Å²) in [5.41, 5.74) is 6.70. The van der Waals surface area contributed by atoms with E-state index in [9.17, 15) is 35.1 Å². The first-order valence-electron chi connectivity index (χ1n) is 18.1. The number of phenols is 1. The van der Waals surface area contributed by atoms with Crippen LogP contribution in [0.2, 0.25) is 0 Å². The first-order valence-corrected chi connectivity index (χ1v) is 18.1. The largest absolute Gasteiger partial charge is 0.502 e. The lowest BCUT2D eigenvalue weighted by molar-refractivity contribution is -0.277. The number of nitrogens with two attached hydrogens (primary N) is 1. The summed E-state index contributed by atoms with van der Waals surface area (Å²) in [5, 5.41) is 59.2. The maximum Gasteiger partial charge on any atom is 0.338 e. The van der Waals surface area contributed by atoms with Crippen molar-refractivity contribution in [1.29, 1.82) is 0 Å². The fourth-order valence-electron chi connectivity index (χ4n) is 5.66. The molecule has 306 valence electrons. The van der Waals surface area contributed by atoms with E-state index in [0.717, 1.165) is 18.4 Å². The molecule has 0 amide bonds. The van der Waals surface area contributed by atoms with Gasteiger partial charge in [0.05, 0.1) is 30.5 Å². The van der Waals surface area contributed by atoms with Crippen LogP contribution in [0.3, 0.4) is 0 Å². The normalized spacial score (nSPS) is 20.2. The highest BCUT2D eigenvalue weighted by molar-refractivity contribution is 5.95. The van der Waals surface area contributed by atoms with Crippen LogP contribution in [0.15, 0.2) is 59.6 Å². The molecule has 3 aromatic rings. The number of methoxy groups -OCH3 is 1. The van der Waals surface area contributed by atoms with Crippen LogP contribution in [0.1, 0.15) is 59.9 Å². The van der Waals surface area contributed by atoms with Gasteiger partial charge in [0.15, 0.2) is 35.7 Å². The molecule has 0 bridgehead atoms. The summed E-state index contributed by atoms with van der Waals surface area (Å²) in [6, 6.07) is 14.5. The van der Waals surface area contributed by atoms with Gasteiger partial charge in [-0.2, -0.15) is 0 Å². The number of aromatic carboxylic acids is 1. The van der Waals surface area contributed by atoms with Crippen molar-refractivity contribution in [2.24, 2.45) is 16.6 Å². The number of esters is 1. The van der Waals surface area contributed by atoms with E-state index >= 15 is 0 Å². The number of rotatable bonds is 19. The minimum absolute atomic E-state index is 0.0248. The topological polar surface area (TPSA) is 253 Å². The predicted molar refractivity (Wildman–Crippen MR) is 205 cm³/mol. The number of anilines is 1. The second-order valence-corrected chi connectivity index (χ2v) is 13.6. The number of aromatic hydroxyl groups is 1. The molecule has 0 aliphatic carbocycles. The lowest BCUT2D eigenvalue weighted by atomic mass is 9.99. The van der Waals surface area contributed by atoms with Gasteiger partial charge in [-0.15, -0.1) is 0 Å². The second kappa shape index (κ2) is 20.4. The molecule has 56 heavy (non-hydrogen) atoms. The molecule has 3 aromatic carbocycles. The van der Waals surface area contributed by atoms with Crippen LogP contribution in [-0.2, 0) is 15.9 Å². The van der Waals surface area contributed by atoms with Gasteiger partial charge in [-0.1, -0.05) is 44.2 Å². The molecule has 1 aliphatic rings. The molecule has 17 heteroatoms. The first kappa shape index (κ1) is 43.2. The number of aliphatic hydroxyl groups is 3. The molecule has 6 atom stereocenters. The van der Waals surface area contributed by atoms with Crippen molar-refractivity contribution < 1.29 is 63.5 Å². The van der Waals surface area contributed by atoms with Crippen LogP contribution in [0, 0.1) is 5.92 Å². The summed E-state index contributed by atoms with van der Waals surface area (Å²) < 4.78 is 34.0. The number of carboxylic acids is 1. The van der Waals surface area contributed by atoms with Crippen LogP contribution in [0.25, 0.3) is 0 Å². The van der Waals surface area contributed by atoms with Gasteiger partial charge in [-0.3, -0.25) is 4.99 Å². The average Bonchev–Trinajstić information content (AvgIpc) is 3.18. The number of hydrogen-bond acceptors (Lipinski definition) is 14. The van der Waals surface area contributed by atoms with Crippen molar-refractivity contribution >= 4 is 23.6 Å². The van der Waals surface area contributed by atoms with Crippen molar-refractivity contribution in [2.45, 2.75) is 76.8 Å². The van der Waals surface area contributed by atoms with E-state index in [1.807, 2.05) is 37.3 Å². The van der Waals surface area contributed by atoms with Gasteiger partial charge in [0.25, 0.3) is 0 Å². The summed E-state index contributed by atoms with van der Waals surface area (Å²) in [7, 11) is 2.76. The Labute approximate surface area is 325 Å². The maximum atomic E-state index is 13.3. The molecule has 17 nitrogen and oxygen atoms in total. The summed E-state index contributed by atoms with van der Waals surface area (Å²) in [6.07, 6.45) is -6.32. The molecule has 0 spiro atoms. The van der Waals surface area contributed by atoms with E-state index in [1.165, 1.54) is 38.4 Å². The smallest absolute Gasteiger partial charge is 0.338 e. The van der Waals surface area contributed by atoms with Crippen molar-refractivity contribution in [3.63, 3.8) is 0 Å². The van der Waals surface area contributed by atoms with Crippen molar-refractivity contribution in [3.8, 4) is 28.7 Å². The molecule has 0 radical (unpaired) electrons. The Morgan fingerprint density at radius 2 is 1.64 bits per heavy atom. The monoisotopic (exact) mass is 784 g/mol. The summed E-state index contributed by atoms with van der Waals surface area (Å²) in [4.78, 5) is 29.4. The number of benzene rings is 3. The SMILES string of the molecule is CN=C(N)NCOc1cc(C(=O)O)c(NC(C)CCC(C)C)cc1OC1OC(COC(=O)c2cc(OC)c(O)c(OCCc3ccccc3)c2)C(O)C(O)C1O. The van der Waals surface area contributed by atoms with Gasteiger partial charge < -0.3 is 70.3 Å². The number of aliphatic hydroxyl groups excluding tert-OH is 3. The molecule has 1 aliphatic heterocycles. The number of guanidine groups is 1. The lowest BCUT2D eigenvalue weighted by Gasteiger charge is -2.40. The average molecular weight is 785 g/mol. The van der Waals surface area contributed by atoms with E-state index in [-0.39, 0.29) is 70.9 Å². The van der Waals surface area contributed by atoms with Gasteiger partial charge in [-0.25, -0.2) is 9.59 Å². The van der Waals surface area contributed by atoms with Crippen LogP contribution >= 0.6 is 0 Å². The molecule has 1 heterocycles. The number of nitrogens with one attached hydrogen (secondary N) is 2. The minimum atomic E-state index is -1.82. The zero-order valence-electron chi connectivity index (χ0n) is 32.0. The standard InChI is InChI=1S/C39H52N4O13/c1-21(2)11-12-22(3)43-26-18-28(27(17-25(26)36(48)49)54-20-42-39(40)41-4)55-38-35(47)34(46)33(45)31(56-38)19-53-37(50)24-15-29(51-5)32(44)30(16-24)52-14-13-23-9-7-6-8-10-23/h6-10,15-18,21-22,31,33-35,38,43-47H,11-14,19-20H2,1-5H3,(H,48,49)(H3,40,41,42). The number of phenolic OH excluding ortho intramolecular Hbond substituents is 1. The highest BCUT2D eigenvalue weighted by Gasteiger charge is 2.46. The Kier molecular flexibility index (Phi) is 15.8. The third kappa shape index (κ3) is 11.8. The van der Waals surface area contributed by atoms with Crippen LogP contribution in [0.4, 0.5) is 5.69 Å². The van der Waals surface area contributed by atoms with Crippen LogP contribution in [0.5, 0.6) is 28.7 Å². The Bertz CT molecular complexity index is 1790. The third-order valence-corrected chi connectivity index (χ3v) is 8.89. The fourth-order valence-corrected chi connectivity index (χ4v) is 5.66. The molecule has 9 N–H and O–H groups in total. The minimum Gasteiger partial charge on any atom is -0.502 e. The summed E-state index contributed by atoms with van der Waals surface area (Å²) in [5.74, 6) is -2.29. The zero-order chi connectivity index (χ0) is 40.9. The number of ether oxygens (including phenoxy) is 6. The summed E-state index contributed by atoms with van der Waals surface area (Å²) >= 11 is 0. The summed E-state index contributed by atoms with van der Waals surface area (Å²) in [6.45, 7) is 5.38. The first-order chi connectivity index (χ1) is 26.7. The van der Waals surface area contributed by atoms with Gasteiger partial charge in [0.1, 0.15) is 31.0 Å². The Morgan fingerprint density at radius 3 is 2.30 bits per heavy atom. The van der Waals surface area contributed by atoms with Gasteiger partial charge in [0, 0.05) is 31.6 Å². The van der Waals surface area contributed by atoms with Crippen molar-refractivity contribution in [2.75, 3.05) is 39.4 Å². The molecular weight excluding hydrogens is 732 g/mol. The maximum absolute atomic E-state index is 13.3. The van der Waals surface area contributed by atoms with Gasteiger partial charge in [-0.05, 0) is 43.4 Å². The molecular formula is C39H52N4O13. The fraction of sp³-hybridized carbons (Fsp3) is 0.462. The van der Waals surface area contributed by atoms with E-state index in [4.69, 9.17) is 34.2 Å². The van der Waals surface area contributed by atoms with Crippen LogP contribution in [-0.4, -0.2) is 114 Å². The van der Waals surface area contributed by atoms with Gasteiger partial charge in [0.2, 0.25) is 12.0 Å². The third-order valence-electron chi connectivity index (χ3n) is 8.89. The lowest BCUT2D eigenvalue weighted by Crippen LogP contribution is -2.60. The zero-order valence-corrected chi connectivity index (χ0v) is 32.0. The number of carboxylic acid groups (broad SMARTS) is 1. The van der Waals surface area contributed by atoms with E-state index in [1.54, 1.807) is 0 Å². The number of nitrogens with zero attached hydrogens (tertiary/aromatic N) is 1. The Morgan fingerprint density at radius 1 is 0.929 bits per heavy atom. The molecule has 1 saturated heterocycles. The van der Waals surface area contributed by atoms with Crippen molar-refractivity contribution in [1.82, 2.24) is 5.32 Å². The van der Waals surface area contributed by atoms with E-state index < -0.39 is 49.3 Å². The molecule has 0 aromatic heterocycles. The van der Waals surface area contributed by atoms with E-state index in [2.05, 4.69) is 29.5 Å². The molecule has 1 fully saturated rings. The van der Waals surface area contributed by atoms with Crippen LogP contribution < -0.4 is 35.3 Å². The van der Waals surface area contributed by atoms with Crippen molar-refractivity contribution in [3.05, 3.63) is 71.3 Å². The number of carbonyl (C=O) groups excluding carboxylic acids is 1. The number of hydrogen-bond donors (Lipinski definition) is 8. The quantitative estimate of drug-likeness (QED) is 0.0377. The Hall–Kier alpha value is -5.49. The van der Waals surface area contributed by atoms with Gasteiger partial charge >= 0.3 is 11.9 Å². The molecule has 6 unspecified atom stereocenters. The Balaban J connectivity index is 1.53. The number of aliphatic imine (C=N–C) groups is 1. The highest BCUT2D eigenvalue weighted by Crippen LogP contribution is 2.39. The molecule has 0 saturated carbocycles. The predicted octanol–water partition coefficient (Wildman–Crippen LogP) is 2.87. The second-order valence-electron chi connectivity index (χ2n) is 13.6. The molecule has 4 rings (SSSR count). The highest BCUT2D eigenvalue weighted by atomic mass is 16.7. The van der Waals surface area contributed by atoms with E-state index in [0.29, 0.717) is 12.3 Å².